The summed E-state index contributed by atoms with van der Waals surface area (Å²) in [5.41, 5.74) is 2.84. The van der Waals surface area contributed by atoms with Gasteiger partial charge in [-0.25, -0.2) is 15.0 Å². The number of aromatic amines is 1. The maximum atomic E-state index is 12.3. The summed E-state index contributed by atoms with van der Waals surface area (Å²) in [6.07, 6.45) is 3.87. The van der Waals surface area contributed by atoms with E-state index in [1.54, 1.807) is 37.2 Å². The zero-order valence-electron chi connectivity index (χ0n) is 17.0. The second-order valence-electron chi connectivity index (χ2n) is 6.76. The highest BCUT2D eigenvalue weighted by molar-refractivity contribution is 7.84. The van der Waals surface area contributed by atoms with E-state index >= 15 is 0 Å². The third kappa shape index (κ3) is 4.53. The fourth-order valence-electron chi connectivity index (χ4n) is 3.26. The minimum atomic E-state index is -1.29. The molecule has 0 saturated heterocycles. The van der Waals surface area contributed by atoms with Crippen LogP contribution in [0.3, 0.4) is 0 Å². The van der Waals surface area contributed by atoms with Gasteiger partial charge in [-0.3, -0.25) is 4.21 Å². The average Bonchev–Trinajstić information content (AvgIpc) is 3.32. The van der Waals surface area contributed by atoms with Crippen LogP contribution in [0.5, 0.6) is 11.5 Å². The van der Waals surface area contributed by atoms with Gasteiger partial charge in [0.1, 0.15) is 11.0 Å². The predicted molar refractivity (Wildman–Crippen MR) is 120 cm³/mol. The minimum absolute atomic E-state index is 0.357. The zero-order valence-corrected chi connectivity index (χ0v) is 19.3. The van der Waals surface area contributed by atoms with Gasteiger partial charge in [-0.1, -0.05) is 23.2 Å². The molecule has 0 aliphatic carbocycles. The third-order valence-corrected chi connectivity index (χ3v) is 6.05. The lowest BCUT2D eigenvalue weighted by atomic mass is 10.1. The lowest BCUT2D eigenvalue weighted by molar-refractivity contribution is 0.354. The monoisotopic (exact) mass is 479 g/mol. The van der Waals surface area contributed by atoms with Crippen LogP contribution in [0.4, 0.5) is 0 Å². The first-order valence-electron chi connectivity index (χ1n) is 9.19. The van der Waals surface area contributed by atoms with Crippen molar-refractivity contribution in [3.63, 3.8) is 0 Å². The molecule has 0 amide bonds. The van der Waals surface area contributed by atoms with E-state index in [-0.39, 0.29) is 0 Å². The van der Waals surface area contributed by atoms with E-state index in [2.05, 4.69) is 19.9 Å². The van der Waals surface area contributed by atoms with Gasteiger partial charge in [-0.15, -0.1) is 0 Å². The van der Waals surface area contributed by atoms with Crippen molar-refractivity contribution in [1.29, 1.82) is 0 Å². The van der Waals surface area contributed by atoms with Crippen molar-refractivity contribution in [3.8, 4) is 11.5 Å². The largest absolute Gasteiger partial charge is 0.493 e. The van der Waals surface area contributed by atoms with Crippen LogP contribution in [-0.2, 0) is 23.8 Å². The van der Waals surface area contributed by atoms with Gasteiger partial charge in [0, 0.05) is 30.0 Å². The number of aromatic nitrogens is 5. The van der Waals surface area contributed by atoms with Crippen LogP contribution in [0.1, 0.15) is 17.1 Å². The number of ether oxygens (including phenoxy) is 2. The third-order valence-electron chi connectivity index (χ3n) is 4.65. The average molecular weight is 480 g/mol. The number of halogens is 2. The molecular weight excluding hydrogens is 461 g/mol. The van der Waals surface area contributed by atoms with Crippen LogP contribution in [-0.4, -0.2) is 49.2 Å². The highest BCUT2D eigenvalue weighted by atomic mass is 35.5. The Kier molecular flexibility index (Phi) is 6.17. The second kappa shape index (κ2) is 8.86. The zero-order chi connectivity index (χ0) is 22.1. The number of imidazole rings is 2. The Hall–Kier alpha value is -2.62. The Labute approximate surface area is 191 Å². The Morgan fingerprint density at radius 1 is 1.10 bits per heavy atom. The maximum Gasteiger partial charge on any atom is 0.199 e. The summed E-state index contributed by atoms with van der Waals surface area (Å²) in [6, 6.07) is 7.04. The number of benzene rings is 1. The molecule has 1 unspecified atom stereocenters. The predicted octanol–water partition coefficient (Wildman–Crippen LogP) is 3.85. The van der Waals surface area contributed by atoms with Crippen molar-refractivity contribution in [1.82, 2.24) is 24.5 Å². The quantitative estimate of drug-likeness (QED) is 0.404. The van der Waals surface area contributed by atoms with E-state index in [4.69, 9.17) is 32.7 Å². The fraction of sp³-hybridized carbons (Fsp3) is 0.250. The number of rotatable bonds is 7. The van der Waals surface area contributed by atoms with Crippen LogP contribution in [0.15, 0.2) is 35.6 Å². The molecule has 4 rings (SSSR count). The number of H-pyrrole nitrogens is 1. The molecule has 162 valence electrons. The number of hydrogen-bond acceptors (Lipinski definition) is 6. The summed E-state index contributed by atoms with van der Waals surface area (Å²) >= 11 is 12.4. The van der Waals surface area contributed by atoms with Crippen LogP contribution < -0.4 is 9.47 Å². The van der Waals surface area contributed by atoms with Gasteiger partial charge in [0.25, 0.3) is 0 Å². The first-order valence-corrected chi connectivity index (χ1v) is 11.5. The Bertz CT molecular complexity index is 1290. The van der Waals surface area contributed by atoms with Crippen molar-refractivity contribution in [3.05, 3.63) is 57.7 Å². The molecule has 3 aromatic heterocycles. The van der Waals surface area contributed by atoms with E-state index in [1.165, 1.54) is 0 Å². The molecule has 0 aliphatic rings. The number of hydrogen-bond donors (Lipinski definition) is 1. The molecule has 1 N–H and O–H groups in total. The summed E-state index contributed by atoms with van der Waals surface area (Å²) in [7, 11) is 1.83. The molecule has 1 aromatic carbocycles. The smallest absolute Gasteiger partial charge is 0.199 e. The fourth-order valence-corrected chi connectivity index (χ4v) is 4.32. The van der Waals surface area contributed by atoms with Crippen LogP contribution in [0.2, 0.25) is 10.2 Å². The SMILES string of the molecule is COc1cc(Cl)c(Cc2cn(Cc3nc4nc(Cl)ccc4[nH]3)c(S(C)=O)n2)cc1OC. The second-order valence-corrected chi connectivity index (χ2v) is 8.83. The van der Waals surface area contributed by atoms with Crippen LogP contribution >= 0.6 is 23.2 Å². The Balaban J connectivity index is 1.65. The van der Waals surface area contributed by atoms with Gasteiger partial charge in [0.15, 0.2) is 22.3 Å². The van der Waals surface area contributed by atoms with Crippen LogP contribution in [0, 0.1) is 0 Å². The van der Waals surface area contributed by atoms with E-state index < -0.39 is 10.8 Å². The van der Waals surface area contributed by atoms with Gasteiger partial charge in [0.05, 0.1) is 42.8 Å². The van der Waals surface area contributed by atoms with Crippen molar-refractivity contribution in [2.45, 2.75) is 18.1 Å². The van der Waals surface area contributed by atoms with E-state index in [9.17, 15) is 4.21 Å². The molecule has 0 aliphatic heterocycles. The molecule has 1 atom stereocenters. The maximum absolute atomic E-state index is 12.3. The van der Waals surface area contributed by atoms with Crippen molar-refractivity contribution in [2.75, 3.05) is 20.5 Å². The molecular formula is C20H19Cl2N5O3S. The minimum Gasteiger partial charge on any atom is -0.493 e. The van der Waals surface area contributed by atoms with Gasteiger partial charge in [-0.2, -0.15) is 0 Å². The van der Waals surface area contributed by atoms with E-state index in [0.717, 1.165) is 16.8 Å². The topological polar surface area (TPSA) is 94.9 Å². The summed E-state index contributed by atoms with van der Waals surface area (Å²) in [5.74, 6) is 1.79. The number of nitrogens with zero attached hydrogens (tertiary/aromatic N) is 4. The van der Waals surface area contributed by atoms with Gasteiger partial charge in [-0.05, 0) is 23.8 Å². The number of nitrogens with one attached hydrogen (secondary N) is 1. The first kappa shape index (κ1) is 21.6. The van der Waals surface area contributed by atoms with E-state index in [0.29, 0.717) is 51.3 Å². The molecule has 0 saturated carbocycles. The molecule has 0 spiro atoms. The normalized spacial score (nSPS) is 12.3. The number of fused-ring (bicyclic) bond motifs is 1. The highest BCUT2D eigenvalue weighted by Gasteiger charge is 2.16. The molecule has 0 fully saturated rings. The van der Waals surface area contributed by atoms with Gasteiger partial charge < -0.3 is 19.0 Å². The number of methoxy groups -OCH3 is 2. The molecule has 8 nitrogen and oxygen atoms in total. The summed E-state index contributed by atoms with van der Waals surface area (Å²) < 4.78 is 24.7. The van der Waals surface area contributed by atoms with Gasteiger partial charge in [0.2, 0.25) is 0 Å². The molecule has 0 radical (unpaired) electrons. The Morgan fingerprint density at radius 2 is 1.84 bits per heavy atom. The summed E-state index contributed by atoms with van der Waals surface area (Å²) in [5, 5.41) is 1.35. The standard InChI is InChI=1S/C20H19Cl2N5O3S/c1-29-15-7-11(13(21)8-16(15)30-2)6-12-9-27(20(23-12)31(3)28)10-18-24-14-4-5-17(22)25-19(14)26-18/h4-5,7-9H,6,10H2,1-3H3,(H,24,25,26). The van der Waals surface area contributed by atoms with Crippen molar-refractivity contribution >= 4 is 45.2 Å². The summed E-state index contributed by atoms with van der Waals surface area (Å²) in [4.78, 5) is 16.4. The summed E-state index contributed by atoms with van der Waals surface area (Å²) in [6.45, 7) is 0.357. The highest BCUT2D eigenvalue weighted by Crippen LogP contribution is 2.34. The van der Waals surface area contributed by atoms with Crippen molar-refractivity contribution in [2.24, 2.45) is 0 Å². The number of pyridine rings is 1. The lowest BCUT2D eigenvalue weighted by Gasteiger charge is -2.11. The molecule has 4 aromatic rings. The van der Waals surface area contributed by atoms with E-state index in [1.807, 2.05) is 18.3 Å². The van der Waals surface area contributed by atoms with Crippen LogP contribution in [0.25, 0.3) is 11.2 Å². The van der Waals surface area contributed by atoms with Gasteiger partial charge >= 0.3 is 0 Å². The Morgan fingerprint density at radius 3 is 2.55 bits per heavy atom. The molecule has 0 bridgehead atoms. The molecule has 11 heteroatoms. The molecule has 3 heterocycles. The lowest BCUT2D eigenvalue weighted by Crippen LogP contribution is -2.06. The molecule has 31 heavy (non-hydrogen) atoms. The van der Waals surface area contributed by atoms with Crippen molar-refractivity contribution < 1.29 is 13.7 Å². The first-order chi connectivity index (χ1) is 14.9.